The fourth-order valence-corrected chi connectivity index (χ4v) is 1.83. The Kier molecular flexibility index (Phi) is 4.18. The van der Waals surface area contributed by atoms with Gasteiger partial charge in [0.25, 0.3) is 0 Å². The summed E-state index contributed by atoms with van der Waals surface area (Å²) in [6.07, 6.45) is 3.23. The third kappa shape index (κ3) is 3.00. The summed E-state index contributed by atoms with van der Waals surface area (Å²) in [5.74, 6) is 0.649. The number of aromatic nitrogens is 1. The molecule has 4 heteroatoms. The van der Waals surface area contributed by atoms with Crippen LogP contribution in [-0.4, -0.2) is 11.5 Å². The van der Waals surface area contributed by atoms with E-state index in [4.69, 9.17) is 22.1 Å². The Hall–Kier alpha value is -1.58. The van der Waals surface area contributed by atoms with Crippen molar-refractivity contribution >= 4 is 11.6 Å². The maximum atomic E-state index is 6.10. The number of rotatable bonds is 4. The topological polar surface area (TPSA) is 48.1 Å². The molecule has 1 unspecified atom stereocenters. The molecule has 0 spiro atoms. The van der Waals surface area contributed by atoms with Crippen LogP contribution >= 0.6 is 11.6 Å². The summed E-state index contributed by atoms with van der Waals surface area (Å²) in [5, 5.41) is 0.586. The molecule has 0 saturated heterocycles. The van der Waals surface area contributed by atoms with E-state index in [-0.39, 0.29) is 6.10 Å². The third-order valence-corrected chi connectivity index (χ3v) is 2.94. The Balaban J connectivity index is 2.23. The first-order chi connectivity index (χ1) is 8.70. The van der Waals surface area contributed by atoms with E-state index in [0.29, 0.717) is 17.3 Å². The number of hydrogen-bond donors (Lipinski definition) is 1. The van der Waals surface area contributed by atoms with Gasteiger partial charge in [0.1, 0.15) is 11.9 Å². The van der Waals surface area contributed by atoms with E-state index in [0.717, 1.165) is 11.1 Å². The van der Waals surface area contributed by atoms with Gasteiger partial charge in [-0.05, 0) is 30.7 Å². The minimum atomic E-state index is -0.238. The fourth-order valence-electron chi connectivity index (χ4n) is 1.67. The van der Waals surface area contributed by atoms with Crippen LogP contribution in [0.25, 0.3) is 0 Å². The van der Waals surface area contributed by atoms with Gasteiger partial charge in [0.15, 0.2) is 0 Å². The molecule has 94 valence electrons. The Morgan fingerprint density at radius 2 is 2.22 bits per heavy atom. The average Bonchev–Trinajstić information content (AvgIpc) is 2.41. The summed E-state index contributed by atoms with van der Waals surface area (Å²) in [5.41, 5.74) is 7.78. The number of benzene rings is 1. The molecule has 0 aliphatic carbocycles. The lowest BCUT2D eigenvalue weighted by molar-refractivity contribution is 0.214. The van der Waals surface area contributed by atoms with Crippen LogP contribution < -0.4 is 10.5 Å². The summed E-state index contributed by atoms with van der Waals surface area (Å²) < 4.78 is 5.86. The van der Waals surface area contributed by atoms with E-state index in [2.05, 4.69) is 4.98 Å². The van der Waals surface area contributed by atoms with Crippen LogP contribution in [0, 0.1) is 6.92 Å². The highest BCUT2D eigenvalue weighted by Crippen LogP contribution is 2.29. The van der Waals surface area contributed by atoms with Crippen molar-refractivity contribution in [1.82, 2.24) is 4.98 Å². The minimum absolute atomic E-state index is 0.238. The Morgan fingerprint density at radius 3 is 2.89 bits per heavy atom. The largest absolute Gasteiger partial charge is 0.483 e. The minimum Gasteiger partial charge on any atom is -0.483 e. The molecular formula is C14H15ClN2O. The maximum absolute atomic E-state index is 6.10. The first kappa shape index (κ1) is 12.9. The number of ether oxygens (including phenoxy) is 1. The molecule has 2 N–H and O–H groups in total. The van der Waals surface area contributed by atoms with Crippen LogP contribution in [-0.2, 0) is 0 Å². The molecule has 1 atom stereocenters. The summed E-state index contributed by atoms with van der Waals surface area (Å²) >= 11 is 6.10. The second kappa shape index (κ2) is 5.85. The zero-order chi connectivity index (χ0) is 13.0. The Bertz CT molecular complexity index is 516. The molecule has 0 aliphatic heterocycles. The van der Waals surface area contributed by atoms with Gasteiger partial charge in [0.05, 0.1) is 5.02 Å². The predicted octanol–water partition coefficient (Wildman–Crippen LogP) is 3.12. The number of nitrogens with zero attached hydrogens (tertiary/aromatic N) is 1. The summed E-state index contributed by atoms with van der Waals surface area (Å²) in [6, 6.07) is 9.47. The highest BCUT2D eigenvalue weighted by molar-refractivity contribution is 6.32. The maximum Gasteiger partial charge on any atom is 0.139 e. The molecule has 0 bridgehead atoms. The summed E-state index contributed by atoms with van der Waals surface area (Å²) in [4.78, 5) is 4.07. The molecular weight excluding hydrogens is 248 g/mol. The Labute approximate surface area is 112 Å². The number of pyridine rings is 1. The normalized spacial score (nSPS) is 12.2. The molecule has 18 heavy (non-hydrogen) atoms. The fraction of sp³-hybridized carbons (Fsp3) is 0.214. The van der Waals surface area contributed by atoms with Crippen molar-refractivity contribution in [3.05, 3.63) is 58.9 Å². The summed E-state index contributed by atoms with van der Waals surface area (Å²) in [6.45, 7) is 2.36. The van der Waals surface area contributed by atoms with Gasteiger partial charge in [-0.15, -0.1) is 0 Å². The summed E-state index contributed by atoms with van der Waals surface area (Å²) in [7, 11) is 0. The predicted molar refractivity (Wildman–Crippen MR) is 72.8 cm³/mol. The standard InChI is InChI=1S/C14H15ClN2O/c1-10-4-5-12(15)13(7-10)18-14(8-16)11-3-2-6-17-9-11/h2-7,9,14H,8,16H2,1H3. The van der Waals surface area contributed by atoms with Gasteiger partial charge < -0.3 is 10.5 Å². The van der Waals surface area contributed by atoms with Crippen molar-refractivity contribution in [2.75, 3.05) is 6.54 Å². The zero-order valence-corrected chi connectivity index (χ0v) is 10.9. The van der Waals surface area contributed by atoms with E-state index < -0.39 is 0 Å². The van der Waals surface area contributed by atoms with Gasteiger partial charge in [-0.2, -0.15) is 0 Å². The van der Waals surface area contributed by atoms with Crippen molar-refractivity contribution < 1.29 is 4.74 Å². The Morgan fingerprint density at radius 1 is 1.39 bits per heavy atom. The SMILES string of the molecule is Cc1ccc(Cl)c(OC(CN)c2cccnc2)c1. The zero-order valence-electron chi connectivity index (χ0n) is 10.1. The smallest absolute Gasteiger partial charge is 0.139 e. The van der Waals surface area contributed by atoms with Crippen LogP contribution in [0.1, 0.15) is 17.2 Å². The van der Waals surface area contributed by atoms with Crippen LogP contribution in [0.2, 0.25) is 5.02 Å². The lowest BCUT2D eigenvalue weighted by Gasteiger charge is -2.18. The average molecular weight is 263 g/mol. The van der Waals surface area contributed by atoms with Gasteiger partial charge in [-0.25, -0.2) is 0 Å². The first-order valence-corrected chi connectivity index (χ1v) is 6.11. The molecule has 2 aromatic rings. The van der Waals surface area contributed by atoms with Gasteiger partial charge in [0.2, 0.25) is 0 Å². The molecule has 1 aromatic heterocycles. The number of halogens is 1. The second-order valence-electron chi connectivity index (χ2n) is 4.06. The molecule has 0 amide bonds. The second-order valence-corrected chi connectivity index (χ2v) is 4.47. The number of nitrogens with two attached hydrogens (primary N) is 1. The van der Waals surface area contributed by atoms with Crippen LogP contribution in [0.5, 0.6) is 5.75 Å². The van der Waals surface area contributed by atoms with E-state index in [1.807, 2.05) is 37.3 Å². The van der Waals surface area contributed by atoms with Crippen LogP contribution in [0.4, 0.5) is 0 Å². The molecule has 0 fully saturated rings. The third-order valence-electron chi connectivity index (χ3n) is 2.63. The van der Waals surface area contributed by atoms with Crippen LogP contribution in [0.15, 0.2) is 42.7 Å². The number of aryl methyl sites for hydroxylation is 1. The van der Waals surface area contributed by atoms with Crippen molar-refractivity contribution in [3.63, 3.8) is 0 Å². The molecule has 0 saturated carbocycles. The van der Waals surface area contributed by atoms with Crippen molar-refractivity contribution in [3.8, 4) is 5.75 Å². The van der Waals surface area contributed by atoms with Gasteiger partial charge in [0, 0.05) is 24.5 Å². The van der Waals surface area contributed by atoms with E-state index in [9.17, 15) is 0 Å². The molecule has 2 rings (SSSR count). The van der Waals surface area contributed by atoms with E-state index >= 15 is 0 Å². The molecule has 3 nitrogen and oxygen atoms in total. The monoisotopic (exact) mass is 262 g/mol. The first-order valence-electron chi connectivity index (χ1n) is 5.73. The lowest BCUT2D eigenvalue weighted by Crippen LogP contribution is -2.18. The molecule has 0 radical (unpaired) electrons. The number of hydrogen-bond acceptors (Lipinski definition) is 3. The molecule has 1 aromatic carbocycles. The van der Waals surface area contributed by atoms with Gasteiger partial charge in [-0.1, -0.05) is 23.7 Å². The van der Waals surface area contributed by atoms with Crippen molar-refractivity contribution in [2.45, 2.75) is 13.0 Å². The van der Waals surface area contributed by atoms with Gasteiger partial charge in [-0.3, -0.25) is 4.98 Å². The molecule has 1 heterocycles. The van der Waals surface area contributed by atoms with E-state index in [1.54, 1.807) is 12.4 Å². The van der Waals surface area contributed by atoms with Crippen LogP contribution in [0.3, 0.4) is 0 Å². The van der Waals surface area contributed by atoms with E-state index in [1.165, 1.54) is 0 Å². The van der Waals surface area contributed by atoms with Crippen molar-refractivity contribution in [2.24, 2.45) is 5.73 Å². The quantitative estimate of drug-likeness (QED) is 0.921. The highest BCUT2D eigenvalue weighted by Gasteiger charge is 2.13. The lowest BCUT2D eigenvalue weighted by atomic mass is 10.1. The van der Waals surface area contributed by atoms with Gasteiger partial charge >= 0.3 is 0 Å². The highest BCUT2D eigenvalue weighted by atomic mass is 35.5. The molecule has 0 aliphatic rings. The van der Waals surface area contributed by atoms with Crippen molar-refractivity contribution in [1.29, 1.82) is 0 Å².